The number of imidazole rings is 2. The monoisotopic (exact) mass is 709 g/mol. The number of thiazole rings is 1. The Morgan fingerprint density at radius 2 is 1.20 bits per heavy atom. The Kier molecular flexibility index (Phi) is 10.8. The zero-order valence-electron chi connectivity index (χ0n) is 29.8. The van der Waals surface area contributed by atoms with Crippen LogP contribution in [-0.4, -0.2) is 82.1 Å². The van der Waals surface area contributed by atoms with E-state index in [0.717, 1.165) is 54.1 Å². The summed E-state index contributed by atoms with van der Waals surface area (Å²) in [6, 6.07) is 9.43. The molecule has 8 heterocycles. The number of carbonyl (C=O) groups excluding carboxylic acids is 2. The molecule has 15 nitrogen and oxygen atoms in total. The lowest BCUT2D eigenvalue weighted by molar-refractivity contribution is 0.101. The fourth-order valence-corrected chi connectivity index (χ4v) is 6.73. The lowest BCUT2D eigenvalue weighted by Crippen LogP contribution is -2.21. The highest BCUT2D eigenvalue weighted by Crippen LogP contribution is 2.23. The topological polar surface area (TPSA) is 164 Å². The molecule has 2 aliphatic rings. The molecular formula is C35H43N13O2S. The average Bonchev–Trinajstić information content (AvgIpc) is 3.96. The van der Waals surface area contributed by atoms with Gasteiger partial charge in [-0.15, -0.1) is 21.5 Å². The predicted octanol–water partition coefficient (Wildman–Crippen LogP) is 5.67. The highest BCUT2D eigenvalue weighted by Gasteiger charge is 2.20. The van der Waals surface area contributed by atoms with Crippen LogP contribution in [0.1, 0.15) is 82.6 Å². The van der Waals surface area contributed by atoms with Gasteiger partial charge in [-0.3, -0.25) is 14.9 Å². The van der Waals surface area contributed by atoms with Crippen molar-refractivity contribution in [2.24, 2.45) is 0 Å². The Balaban J connectivity index is 0.000000168. The molecule has 16 heteroatoms. The molecular weight excluding hydrogens is 667 g/mol. The number of nitrogens with zero attached hydrogens (tertiary/aromatic N) is 11. The minimum Gasteiger partial charge on any atom is -0.355 e. The number of hydrogen-bond acceptors (Lipinski definition) is 12. The maximum absolute atomic E-state index is 12.7. The van der Waals surface area contributed by atoms with Crippen molar-refractivity contribution in [3.63, 3.8) is 0 Å². The predicted molar refractivity (Wildman–Crippen MR) is 199 cm³/mol. The standard InChI is InChI=1S/C17H19N7O.C16H18N6OS.C2H6/c1-11-9-14(20-12(2)19-11)21-17(25)13-10-18-15-5-6-16(22-24(13)15)23-7-3-4-8-23;1-10-11(2)24-16(18-10)19-15(23)12-9-17-13-5-6-14(20-22(12)13)21-7-3-4-8-21;1-2/h5-6,9-10H,3-4,7-8H2,1-2H3,(H,19,20,21,25);5-6,9H,3-4,7-8H2,1-2H3,(H,18,19,23);1-2H3. The van der Waals surface area contributed by atoms with Crippen LogP contribution in [0.25, 0.3) is 11.3 Å². The molecule has 0 spiro atoms. The van der Waals surface area contributed by atoms with Gasteiger partial charge in [0.1, 0.15) is 23.3 Å². The Hall–Kier alpha value is -5.51. The van der Waals surface area contributed by atoms with Gasteiger partial charge in [0.25, 0.3) is 11.8 Å². The van der Waals surface area contributed by atoms with Gasteiger partial charge in [0.15, 0.2) is 27.8 Å². The molecule has 51 heavy (non-hydrogen) atoms. The molecule has 2 amide bonds. The first kappa shape index (κ1) is 35.3. The third-order valence-electron chi connectivity index (χ3n) is 8.48. The molecule has 0 aliphatic carbocycles. The molecule has 0 atom stereocenters. The molecule has 2 saturated heterocycles. The minimum atomic E-state index is -0.295. The van der Waals surface area contributed by atoms with Crippen LogP contribution in [0.4, 0.5) is 22.6 Å². The van der Waals surface area contributed by atoms with Crippen LogP contribution in [0.15, 0.2) is 42.7 Å². The average molecular weight is 710 g/mol. The lowest BCUT2D eigenvalue weighted by atomic mass is 10.4. The van der Waals surface area contributed by atoms with Crippen molar-refractivity contribution in [2.75, 3.05) is 46.6 Å². The minimum absolute atomic E-state index is 0.248. The quantitative estimate of drug-likeness (QED) is 0.219. The van der Waals surface area contributed by atoms with Crippen molar-refractivity contribution in [3.05, 3.63) is 76.2 Å². The van der Waals surface area contributed by atoms with E-state index in [2.05, 4.69) is 55.6 Å². The number of carbonyl (C=O) groups is 2. The summed E-state index contributed by atoms with van der Waals surface area (Å²) in [5.74, 6) is 2.29. The molecule has 8 rings (SSSR count). The molecule has 2 N–H and O–H groups in total. The maximum atomic E-state index is 12.7. The second kappa shape index (κ2) is 15.6. The Bertz CT molecular complexity index is 2120. The Labute approximate surface area is 300 Å². The van der Waals surface area contributed by atoms with Crippen LogP contribution in [0.2, 0.25) is 0 Å². The van der Waals surface area contributed by atoms with E-state index in [1.54, 1.807) is 28.2 Å². The molecule has 2 fully saturated rings. The molecule has 2 aliphatic heterocycles. The zero-order chi connectivity index (χ0) is 36.1. The SMILES string of the molecule is CC.Cc1cc(NC(=O)c2cnc3ccc(N4CCCC4)nn23)nc(C)n1.Cc1nc(NC(=O)c2cnc3ccc(N4CCCC4)nn23)sc1C. The number of fused-ring (bicyclic) bond motifs is 2. The smallest absolute Gasteiger partial charge is 0.277 e. The Morgan fingerprint density at radius 3 is 1.67 bits per heavy atom. The molecule has 6 aromatic rings. The first-order valence-corrected chi connectivity index (χ1v) is 18.1. The number of hydrogen-bond donors (Lipinski definition) is 2. The third kappa shape index (κ3) is 7.95. The zero-order valence-corrected chi connectivity index (χ0v) is 30.7. The number of amides is 2. The summed E-state index contributed by atoms with van der Waals surface area (Å²) in [5.41, 5.74) is 3.83. The van der Waals surface area contributed by atoms with Gasteiger partial charge >= 0.3 is 0 Å². The highest BCUT2D eigenvalue weighted by molar-refractivity contribution is 7.15. The van der Waals surface area contributed by atoms with Crippen LogP contribution in [0, 0.1) is 27.7 Å². The van der Waals surface area contributed by atoms with E-state index in [1.807, 2.05) is 58.9 Å². The van der Waals surface area contributed by atoms with Crippen LogP contribution < -0.4 is 20.4 Å². The summed E-state index contributed by atoms with van der Waals surface area (Å²) in [6.07, 6.45) is 7.79. The van der Waals surface area contributed by atoms with Crippen molar-refractivity contribution >= 4 is 57.0 Å². The largest absolute Gasteiger partial charge is 0.355 e. The lowest BCUT2D eigenvalue weighted by Gasteiger charge is -2.16. The second-order valence-corrected chi connectivity index (χ2v) is 13.3. The van der Waals surface area contributed by atoms with Gasteiger partial charge < -0.3 is 15.1 Å². The third-order valence-corrected chi connectivity index (χ3v) is 9.47. The fraction of sp³-hybridized carbons (Fsp3) is 0.400. The van der Waals surface area contributed by atoms with Gasteiger partial charge in [0, 0.05) is 42.8 Å². The van der Waals surface area contributed by atoms with Gasteiger partial charge in [-0.25, -0.2) is 34.0 Å². The van der Waals surface area contributed by atoms with Crippen LogP contribution >= 0.6 is 11.3 Å². The first-order valence-electron chi connectivity index (χ1n) is 17.3. The fourth-order valence-electron chi connectivity index (χ4n) is 5.92. The summed E-state index contributed by atoms with van der Waals surface area (Å²) in [4.78, 5) is 52.1. The van der Waals surface area contributed by atoms with Crippen LogP contribution in [-0.2, 0) is 0 Å². The summed E-state index contributed by atoms with van der Waals surface area (Å²) in [6.45, 7) is 15.6. The highest BCUT2D eigenvalue weighted by atomic mass is 32.1. The second-order valence-electron chi connectivity index (χ2n) is 12.1. The molecule has 0 aromatic carbocycles. The van der Waals surface area contributed by atoms with Crippen molar-refractivity contribution < 1.29 is 9.59 Å². The number of nitrogens with one attached hydrogen (secondary N) is 2. The molecule has 6 aromatic heterocycles. The van der Waals surface area contributed by atoms with Gasteiger partial charge in [0.2, 0.25) is 0 Å². The van der Waals surface area contributed by atoms with Crippen LogP contribution in [0.3, 0.4) is 0 Å². The van der Waals surface area contributed by atoms with Gasteiger partial charge in [-0.05, 0) is 77.6 Å². The van der Waals surface area contributed by atoms with E-state index in [4.69, 9.17) is 0 Å². The normalized spacial score (nSPS) is 13.9. The summed E-state index contributed by atoms with van der Waals surface area (Å²) in [7, 11) is 0. The van der Waals surface area contributed by atoms with Crippen molar-refractivity contribution in [3.8, 4) is 0 Å². The molecule has 0 radical (unpaired) electrons. The van der Waals surface area contributed by atoms with E-state index >= 15 is 0 Å². The van der Waals surface area contributed by atoms with Crippen molar-refractivity contribution in [1.82, 2.24) is 44.1 Å². The molecule has 0 unspecified atom stereocenters. The summed E-state index contributed by atoms with van der Waals surface area (Å²) in [5, 5.41) is 15.4. The summed E-state index contributed by atoms with van der Waals surface area (Å²) >= 11 is 1.47. The van der Waals surface area contributed by atoms with E-state index in [9.17, 15) is 9.59 Å². The van der Waals surface area contributed by atoms with Crippen molar-refractivity contribution in [2.45, 2.75) is 67.2 Å². The number of rotatable bonds is 6. The molecule has 266 valence electrons. The van der Waals surface area contributed by atoms with E-state index in [1.165, 1.54) is 43.2 Å². The van der Waals surface area contributed by atoms with Gasteiger partial charge in [-0.2, -0.15) is 0 Å². The molecule has 0 bridgehead atoms. The van der Waals surface area contributed by atoms with E-state index < -0.39 is 0 Å². The van der Waals surface area contributed by atoms with Crippen molar-refractivity contribution in [1.29, 1.82) is 0 Å². The van der Waals surface area contributed by atoms with E-state index in [-0.39, 0.29) is 11.8 Å². The number of anilines is 4. The molecule has 0 saturated carbocycles. The van der Waals surface area contributed by atoms with Gasteiger partial charge in [-0.1, -0.05) is 13.8 Å². The first-order chi connectivity index (χ1) is 24.7. The number of aryl methyl sites for hydroxylation is 4. The van der Waals surface area contributed by atoms with Crippen LogP contribution in [0.5, 0.6) is 0 Å². The number of aromatic nitrogens is 9. The maximum Gasteiger partial charge on any atom is 0.277 e. The van der Waals surface area contributed by atoms with Gasteiger partial charge in [0.05, 0.1) is 18.1 Å². The summed E-state index contributed by atoms with van der Waals surface area (Å²) < 4.78 is 3.19. The van der Waals surface area contributed by atoms with E-state index in [0.29, 0.717) is 39.5 Å². The Morgan fingerprint density at radius 1 is 0.686 bits per heavy atom.